The van der Waals surface area contributed by atoms with E-state index in [0.717, 1.165) is 18.9 Å². The summed E-state index contributed by atoms with van der Waals surface area (Å²) < 4.78 is 0. The molecular formula is C4H9ClN2. The molecule has 0 amide bonds. The van der Waals surface area contributed by atoms with Crippen molar-refractivity contribution in [2.75, 3.05) is 13.1 Å². The van der Waals surface area contributed by atoms with Gasteiger partial charge in [0.15, 0.2) is 0 Å². The lowest BCUT2D eigenvalue weighted by atomic mass is 10.7. The molecule has 0 aromatic rings. The lowest BCUT2D eigenvalue weighted by molar-refractivity contribution is 0.958. The third-order valence-electron chi connectivity index (χ3n) is 0.842. The van der Waals surface area contributed by atoms with Crippen molar-refractivity contribution in [3.63, 3.8) is 0 Å². The van der Waals surface area contributed by atoms with E-state index in [1.54, 1.807) is 0 Å². The smallest absolute Gasteiger partial charge is 0.0933 e. The van der Waals surface area contributed by atoms with Crippen LogP contribution in [-0.4, -0.2) is 18.9 Å². The lowest BCUT2D eigenvalue weighted by Gasteiger charge is -1.85. The summed E-state index contributed by atoms with van der Waals surface area (Å²) in [6.07, 6.45) is 0. The van der Waals surface area contributed by atoms with E-state index in [9.17, 15) is 0 Å². The molecule has 2 nitrogen and oxygen atoms in total. The zero-order valence-corrected chi connectivity index (χ0v) is 5.09. The molecule has 7 heavy (non-hydrogen) atoms. The zero-order chi connectivity index (χ0) is 4.41. The van der Waals surface area contributed by atoms with Gasteiger partial charge in [-0.25, -0.2) is 0 Å². The van der Waals surface area contributed by atoms with Crippen LogP contribution in [0.25, 0.3) is 0 Å². The van der Waals surface area contributed by atoms with E-state index < -0.39 is 0 Å². The predicted octanol–water partition coefficient (Wildman–Crippen LogP) is 0.430. The predicted molar refractivity (Wildman–Crippen MR) is 33.2 cm³/mol. The summed E-state index contributed by atoms with van der Waals surface area (Å²) >= 11 is 0. The monoisotopic (exact) mass is 120 g/mol. The fourth-order valence-electron chi connectivity index (χ4n) is 0.516. The topological polar surface area (TPSA) is 24.4 Å². The van der Waals surface area contributed by atoms with E-state index in [0.29, 0.717) is 0 Å². The van der Waals surface area contributed by atoms with Crippen molar-refractivity contribution in [1.29, 1.82) is 0 Å². The Labute approximate surface area is 49.4 Å². The van der Waals surface area contributed by atoms with Crippen LogP contribution in [0.3, 0.4) is 0 Å². The van der Waals surface area contributed by atoms with Crippen LogP contribution in [-0.2, 0) is 0 Å². The van der Waals surface area contributed by atoms with Gasteiger partial charge in [0.2, 0.25) is 0 Å². The summed E-state index contributed by atoms with van der Waals surface area (Å²) in [7, 11) is 0. The normalized spacial score (nSPS) is 17.0. The Morgan fingerprint density at radius 3 is 2.57 bits per heavy atom. The molecule has 0 saturated carbocycles. The second kappa shape index (κ2) is 2.86. The quantitative estimate of drug-likeness (QED) is 0.493. The number of nitrogens with one attached hydrogen (secondary N) is 1. The molecule has 0 aliphatic carbocycles. The molecule has 0 atom stereocenters. The number of rotatable bonds is 0. The van der Waals surface area contributed by atoms with Crippen LogP contribution in [0.15, 0.2) is 4.99 Å². The molecule has 0 aromatic heterocycles. The van der Waals surface area contributed by atoms with Crippen molar-refractivity contribution in [2.24, 2.45) is 4.99 Å². The largest absolute Gasteiger partial charge is 0.372 e. The van der Waals surface area contributed by atoms with Crippen molar-refractivity contribution in [2.45, 2.75) is 6.92 Å². The molecule has 1 aliphatic rings. The molecule has 0 bridgehead atoms. The molecule has 1 N–H and O–H groups in total. The Morgan fingerprint density at radius 1 is 1.71 bits per heavy atom. The van der Waals surface area contributed by atoms with Crippen LogP contribution in [0, 0.1) is 0 Å². The first kappa shape index (κ1) is 6.76. The van der Waals surface area contributed by atoms with Crippen LogP contribution in [0.4, 0.5) is 0 Å². The van der Waals surface area contributed by atoms with Gasteiger partial charge in [0, 0.05) is 6.54 Å². The number of nitrogens with zero attached hydrogens (tertiary/aromatic N) is 1. The lowest BCUT2D eigenvalue weighted by Crippen LogP contribution is -2.13. The summed E-state index contributed by atoms with van der Waals surface area (Å²) in [6.45, 7) is 3.98. The average molecular weight is 121 g/mol. The average Bonchev–Trinajstić information content (AvgIpc) is 1.86. The molecule has 0 saturated heterocycles. The van der Waals surface area contributed by atoms with Crippen LogP contribution in [0.2, 0.25) is 0 Å². The molecule has 0 fully saturated rings. The first-order valence-electron chi connectivity index (χ1n) is 2.14. The second-order valence-corrected chi connectivity index (χ2v) is 1.39. The summed E-state index contributed by atoms with van der Waals surface area (Å²) in [6, 6.07) is 0. The summed E-state index contributed by atoms with van der Waals surface area (Å²) in [5.41, 5.74) is 0. The number of aliphatic imine (C=N–C) groups is 1. The van der Waals surface area contributed by atoms with Gasteiger partial charge >= 0.3 is 0 Å². The minimum atomic E-state index is 0. The first-order chi connectivity index (χ1) is 2.89. The van der Waals surface area contributed by atoms with Crippen molar-refractivity contribution in [1.82, 2.24) is 5.32 Å². The maximum absolute atomic E-state index is 4.04. The van der Waals surface area contributed by atoms with E-state index in [1.165, 1.54) is 0 Å². The van der Waals surface area contributed by atoms with Crippen LogP contribution in [0.5, 0.6) is 0 Å². The van der Waals surface area contributed by atoms with E-state index >= 15 is 0 Å². The molecule has 0 unspecified atom stereocenters. The molecule has 0 radical (unpaired) electrons. The van der Waals surface area contributed by atoms with Crippen LogP contribution >= 0.6 is 12.4 Å². The van der Waals surface area contributed by atoms with Crippen LogP contribution < -0.4 is 5.32 Å². The summed E-state index contributed by atoms with van der Waals surface area (Å²) in [5, 5.41) is 3.07. The highest BCUT2D eigenvalue weighted by Crippen LogP contribution is 1.79. The highest BCUT2D eigenvalue weighted by atomic mass is 35.5. The van der Waals surface area contributed by atoms with Gasteiger partial charge in [-0.15, -0.1) is 12.4 Å². The van der Waals surface area contributed by atoms with Crippen molar-refractivity contribution in [3.05, 3.63) is 0 Å². The van der Waals surface area contributed by atoms with E-state index in [4.69, 9.17) is 0 Å². The van der Waals surface area contributed by atoms with E-state index in [2.05, 4.69) is 10.3 Å². The Morgan fingerprint density at radius 2 is 2.43 bits per heavy atom. The van der Waals surface area contributed by atoms with E-state index in [-0.39, 0.29) is 12.4 Å². The fraction of sp³-hybridized carbons (Fsp3) is 0.750. The number of halogens is 1. The van der Waals surface area contributed by atoms with Gasteiger partial charge in [-0.2, -0.15) is 0 Å². The number of amidine groups is 1. The molecule has 1 heterocycles. The third kappa shape index (κ3) is 1.78. The van der Waals surface area contributed by atoms with Gasteiger partial charge in [-0.1, -0.05) is 0 Å². The van der Waals surface area contributed by atoms with Gasteiger partial charge in [-0.05, 0) is 6.92 Å². The first-order valence-corrected chi connectivity index (χ1v) is 2.14. The van der Waals surface area contributed by atoms with Gasteiger partial charge in [0.05, 0.1) is 12.4 Å². The van der Waals surface area contributed by atoms with Crippen molar-refractivity contribution in [3.8, 4) is 0 Å². The van der Waals surface area contributed by atoms with Crippen LogP contribution in [0.1, 0.15) is 6.92 Å². The molecular weight excluding hydrogens is 112 g/mol. The van der Waals surface area contributed by atoms with Gasteiger partial charge in [-0.3, -0.25) is 4.99 Å². The second-order valence-electron chi connectivity index (χ2n) is 1.39. The molecule has 1 aliphatic heterocycles. The minimum Gasteiger partial charge on any atom is -0.372 e. The Hall–Kier alpha value is -0.240. The summed E-state index contributed by atoms with van der Waals surface area (Å²) in [5.74, 6) is 1.08. The Bertz CT molecular complexity index is 79.8. The minimum absolute atomic E-state index is 0. The molecule has 42 valence electrons. The van der Waals surface area contributed by atoms with E-state index in [1.807, 2.05) is 6.92 Å². The fourth-order valence-corrected chi connectivity index (χ4v) is 0.516. The maximum Gasteiger partial charge on any atom is 0.0933 e. The SMILES string of the molecule is CC1=NCCN1.Cl. The number of hydrogen-bond donors (Lipinski definition) is 1. The highest BCUT2D eigenvalue weighted by Gasteiger charge is 1.93. The van der Waals surface area contributed by atoms with Gasteiger partial charge in [0.1, 0.15) is 0 Å². The molecule has 3 heteroatoms. The van der Waals surface area contributed by atoms with Crippen molar-refractivity contribution < 1.29 is 0 Å². The molecule has 0 spiro atoms. The zero-order valence-electron chi connectivity index (χ0n) is 4.27. The molecule has 0 aromatic carbocycles. The van der Waals surface area contributed by atoms with Gasteiger partial charge in [0.25, 0.3) is 0 Å². The Balaban J connectivity index is 0.000000360. The summed E-state index contributed by atoms with van der Waals surface area (Å²) in [4.78, 5) is 4.04. The van der Waals surface area contributed by atoms with Gasteiger partial charge < -0.3 is 5.32 Å². The highest BCUT2D eigenvalue weighted by molar-refractivity contribution is 5.85. The molecule has 1 rings (SSSR count). The number of hydrogen-bond acceptors (Lipinski definition) is 2. The standard InChI is InChI=1S/C4H8N2.ClH/c1-4-5-2-3-6-4;/h2-3H2,1H3,(H,5,6);1H. The Kier molecular flexibility index (Phi) is 2.76. The van der Waals surface area contributed by atoms with Crippen molar-refractivity contribution >= 4 is 18.2 Å². The third-order valence-corrected chi connectivity index (χ3v) is 0.842. The maximum atomic E-state index is 4.04.